The maximum atomic E-state index is 4.46. The number of nitrogens with zero attached hydrogens (tertiary/aromatic N) is 2. The first-order valence-corrected chi connectivity index (χ1v) is 8.70. The van der Waals surface area contributed by atoms with Crippen LogP contribution in [0.25, 0.3) is 10.9 Å². The first-order chi connectivity index (χ1) is 11.2. The van der Waals surface area contributed by atoms with Crippen LogP contribution in [-0.4, -0.2) is 42.5 Å². The van der Waals surface area contributed by atoms with Gasteiger partial charge in [-0.25, -0.2) is 0 Å². The zero-order chi connectivity index (χ0) is 16.2. The number of aromatic amines is 1. The van der Waals surface area contributed by atoms with E-state index in [9.17, 15) is 0 Å². The molecule has 0 spiro atoms. The Kier molecular flexibility index (Phi) is 4.89. The second kappa shape index (κ2) is 7.07. The molecule has 2 N–H and O–H groups in total. The number of benzene rings is 1. The van der Waals surface area contributed by atoms with Gasteiger partial charge >= 0.3 is 0 Å². The number of nitrogens with one attached hydrogen (secondary N) is 2. The van der Waals surface area contributed by atoms with Gasteiger partial charge in [-0.3, -0.25) is 4.99 Å². The summed E-state index contributed by atoms with van der Waals surface area (Å²) in [5.41, 5.74) is 3.95. The minimum absolute atomic E-state index is 0.846. The highest BCUT2D eigenvalue weighted by Crippen LogP contribution is 2.22. The van der Waals surface area contributed by atoms with Crippen molar-refractivity contribution in [3.63, 3.8) is 0 Å². The van der Waals surface area contributed by atoms with Crippen LogP contribution in [0.3, 0.4) is 0 Å². The second-order valence-electron chi connectivity index (χ2n) is 6.70. The first-order valence-electron chi connectivity index (χ1n) is 8.70. The minimum Gasteiger partial charge on any atom is -0.361 e. The molecule has 23 heavy (non-hydrogen) atoms. The number of guanidine groups is 1. The van der Waals surface area contributed by atoms with E-state index in [-0.39, 0.29) is 0 Å². The SMILES string of the molecule is CN=C(NCCc1c[nH]c2cccc(C)c12)N1CCC(C)CC1. The van der Waals surface area contributed by atoms with Crippen molar-refractivity contribution in [3.05, 3.63) is 35.5 Å². The molecule has 1 fully saturated rings. The average molecular weight is 312 g/mol. The lowest BCUT2D eigenvalue weighted by molar-refractivity contribution is 0.273. The van der Waals surface area contributed by atoms with Crippen molar-refractivity contribution in [1.29, 1.82) is 0 Å². The molecule has 1 aliphatic rings. The summed E-state index contributed by atoms with van der Waals surface area (Å²) < 4.78 is 0. The van der Waals surface area contributed by atoms with E-state index in [0.29, 0.717) is 0 Å². The Hall–Kier alpha value is -1.97. The second-order valence-corrected chi connectivity index (χ2v) is 6.70. The summed E-state index contributed by atoms with van der Waals surface area (Å²) >= 11 is 0. The summed E-state index contributed by atoms with van der Waals surface area (Å²) in [7, 11) is 1.89. The molecule has 4 heteroatoms. The van der Waals surface area contributed by atoms with Gasteiger partial charge in [0.2, 0.25) is 0 Å². The average Bonchev–Trinajstić information content (AvgIpc) is 2.97. The van der Waals surface area contributed by atoms with Gasteiger partial charge in [0.15, 0.2) is 5.96 Å². The van der Waals surface area contributed by atoms with E-state index < -0.39 is 0 Å². The lowest BCUT2D eigenvalue weighted by atomic mass is 9.99. The molecule has 2 aromatic rings. The van der Waals surface area contributed by atoms with Gasteiger partial charge < -0.3 is 15.2 Å². The molecule has 124 valence electrons. The van der Waals surface area contributed by atoms with E-state index in [0.717, 1.165) is 37.9 Å². The highest BCUT2D eigenvalue weighted by molar-refractivity contribution is 5.86. The van der Waals surface area contributed by atoms with Crippen LogP contribution in [0.1, 0.15) is 30.9 Å². The van der Waals surface area contributed by atoms with Gasteiger partial charge in [-0.15, -0.1) is 0 Å². The summed E-state index contributed by atoms with van der Waals surface area (Å²) in [4.78, 5) is 10.2. The van der Waals surface area contributed by atoms with E-state index in [4.69, 9.17) is 0 Å². The van der Waals surface area contributed by atoms with Crippen LogP contribution < -0.4 is 5.32 Å². The van der Waals surface area contributed by atoms with Crippen molar-refractivity contribution >= 4 is 16.9 Å². The van der Waals surface area contributed by atoms with Gasteiger partial charge in [-0.2, -0.15) is 0 Å². The van der Waals surface area contributed by atoms with Crippen molar-refractivity contribution in [1.82, 2.24) is 15.2 Å². The van der Waals surface area contributed by atoms with E-state index in [1.54, 1.807) is 0 Å². The smallest absolute Gasteiger partial charge is 0.193 e. The quantitative estimate of drug-likeness (QED) is 0.674. The Labute approximate surface area is 139 Å². The predicted octanol–water partition coefficient (Wildman–Crippen LogP) is 3.33. The molecule has 4 nitrogen and oxygen atoms in total. The summed E-state index contributed by atoms with van der Waals surface area (Å²) in [6.45, 7) is 7.67. The van der Waals surface area contributed by atoms with E-state index in [1.807, 2.05) is 7.05 Å². The molecular formula is C19H28N4. The molecular weight excluding hydrogens is 284 g/mol. The standard InChI is InChI=1S/C19H28N4/c1-14-8-11-23(12-9-14)19(20-3)21-10-7-16-13-22-17-6-4-5-15(2)18(16)17/h4-6,13-14,22H,7-12H2,1-3H3,(H,20,21). The van der Waals surface area contributed by atoms with Gasteiger partial charge in [0.25, 0.3) is 0 Å². The van der Waals surface area contributed by atoms with Gasteiger partial charge in [0, 0.05) is 43.8 Å². The lowest BCUT2D eigenvalue weighted by Crippen LogP contribution is -2.45. The third kappa shape index (κ3) is 3.52. The maximum Gasteiger partial charge on any atom is 0.193 e. The zero-order valence-electron chi connectivity index (χ0n) is 14.5. The molecule has 3 rings (SSSR count). The summed E-state index contributed by atoms with van der Waals surface area (Å²) in [5, 5.41) is 4.91. The Morgan fingerprint density at radius 1 is 1.35 bits per heavy atom. The molecule has 0 radical (unpaired) electrons. The van der Waals surface area contributed by atoms with Crippen LogP contribution in [0.5, 0.6) is 0 Å². The maximum absolute atomic E-state index is 4.46. The van der Waals surface area contributed by atoms with Crippen LogP contribution in [0.2, 0.25) is 0 Å². The molecule has 0 atom stereocenters. The largest absolute Gasteiger partial charge is 0.361 e. The van der Waals surface area contributed by atoms with Crippen molar-refractivity contribution in [2.24, 2.45) is 10.9 Å². The number of fused-ring (bicyclic) bond motifs is 1. The van der Waals surface area contributed by atoms with Crippen molar-refractivity contribution < 1.29 is 0 Å². The van der Waals surface area contributed by atoms with Crippen LogP contribution in [0, 0.1) is 12.8 Å². The topological polar surface area (TPSA) is 43.4 Å². The predicted molar refractivity (Wildman–Crippen MR) is 98.1 cm³/mol. The normalized spacial score (nSPS) is 17.0. The van der Waals surface area contributed by atoms with Crippen LogP contribution in [-0.2, 0) is 6.42 Å². The van der Waals surface area contributed by atoms with Crippen molar-refractivity contribution in [2.45, 2.75) is 33.1 Å². The van der Waals surface area contributed by atoms with Crippen LogP contribution in [0.4, 0.5) is 0 Å². The summed E-state index contributed by atoms with van der Waals surface area (Å²) in [6, 6.07) is 6.43. The van der Waals surface area contributed by atoms with E-state index >= 15 is 0 Å². The van der Waals surface area contributed by atoms with E-state index in [1.165, 1.54) is 34.9 Å². The Balaban J connectivity index is 1.59. The molecule has 0 unspecified atom stereocenters. The number of aryl methyl sites for hydroxylation is 1. The minimum atomic E-state index is 0.846. The van der Waals surface area contributed by atoms with Gasteiger partial charge in [0.05, 0.1) is 0 Å². The number of rotatable bonds is 3. The lowest BCUT2D eigenvalue weighted by Gasteiger charge is -2.32. The first kappa shape index (κ1) is 15.9. The fraction of sp³-hybridized carbons (Fsp3) is 0.526. The molecule has 0 saturated carbocycles. The molecule has 0 aliphatic carbocycles. The number of aromatic nitrogens is 1. The summed E-state index contributed by atoms with van der Waals surface area (Å²) in [6.07, 6.45) is 5.68. The van der Waals surface area contributed by atoms with Crippen molar-refractivity contribution in [3.8, 4) is 0 Å². The number of piperidine rings is 1. The Bertz CT molecular complexity index is 678. The molecule has 1 aliphatic heterocycles. The molecule has 0 bridgehead atoms. The number of H-pyrrole nitrogens is 1. The van der Waals surface area contributed by atoms with E-state index in [2.05, 4.69) is 58.4 Å². The van der Waals surface area contributed by atoms with Gasteiger partial charge in [-0.1, -0.05) is 19.1 Å². The number of likely N-dealkylation sites (tertiary alicyclic amines) is 1. The van der Waals surface area contributed by atoms with Crippen LogP contribution >= 0.6 is 0 Å². The fourth-order valence-corrected chi connectivity index (χ4v) is 3.51. The zero-order valence-corrected chi connectivity index (χ0v) is 14.5. The Morgan fingerprint density at radius 2 is 2.13 bits per heavy atom. The van der Waals surface area contributed by atoms with Crippen LogP contribution in [0.15, 0.2) is 29.4 Å². The van der Waals surface area contributed by atoms with Crippen molar-refractivity contribution in [2.75, 3.05) is 26.7 Å². The highest BCUT2D eigenvalue weighted by atomic mass is 15.3. The fourth-order valence-electron chi connectivity index (χ4n) is 3.51. The molecule has 1 saturated heterocycles. The molecule has 2 heterocycles. The molecule has 0 amide bonds. The Morgan fingerprint density at radius 3 is 2.87 bits per heavy atom. The number of hydrogen-bond acceptors (Lipinski definition) is 1. The summed E-state index contributed by atoms with van der Waals surface area (Å²) in [5.74, 6) is 1.90. The highest BCUT2D eigenvalue weighted by Gasteiger charge is 2.18. The third-order valence-corrected chi connectivity index (χ3v) is 4.97. The van der Waals surface area contributed by atoms with Gasteiger partial charge in [-0.05, 0) is 49.3 Å². The van der Waals surface area contributed by atoms with Gasteiger partial charge in [0.1, 0.15) is 0 Å². The number of aliphatic imine (C=N–C) groups is 1. The number of hydrogen-bond donors (Lipinski definition) is 2. The third-order valence-electron chi connectivity index (χ3n) is 4.97. The molecule has 1 aromatic heterocycles. The monoisotopic (exact) mass is 312 g/mol. The molecule has 1 aromatic carbocycles.